The molecule has 1 N–H and O–H groups in total. The highest BCUT2D eigenvalue weighted by molar-refractivity contribution is 7.90. The molecule has 0 radical (unpaired) electrons. The van der Waals surface area contributed by atoms with Crippen LogP contribution in [0, 0.1) is 0 Å². The van der Waals surface area contributed by atoms with E-state index in [2.05, 4.69) is 20.4 Å². The predicted octanol–water partition coefficient (Wildman–Crippen LogP) is 0.922. The fraction of sp³-hybridized carbons (Fsp3) is 0.583. The minimum atomic E-state index is -2.94. The smallest absolute Gasteiger partial charge is 0.254 e. The number of anilines is 1. The molecule has 1 unspecified atom stereocenters. The molecule has 0 fully saturated rings. The zero-order valence-electron chi connectivity index (χ0n) is 11.9. The van der Waals surface area contributed by atoms with Crippen molar-refractivity contribution in [1.29, 1.82) is 0 Å². The van der Waals surface area contributed by atoms with Gasteiger partial charge in [-0.3, -0.25) is 0 Å². The molecule has 0 aliphatic rings. The standard InChI is InChI=1S/C12H19N5O2S/c1-4-10-7-11(17-12(16-10)13-8-14-17)15-9(2)5-6-20(3,18)19/h7-9,15H,4-6H2,1-3H3. The molecular formula is C12H19N5O2S. The highest BCUT2D eigenvalue weighted by atomic mass is 32.2. The van der Waals surface area contributed by atoms with Crippen LogP contribution >= 0.6 is 0 Å². The average molecular weight is 297 g/mol. The zero-order valence-corrected chi connectivity index (χ0v) is 12.7. The van der Waals surface area contributed by atoms with Gasteiger partial charge >= 0.3 is 0 Å². The van der Waals surface area contributed by atoms with Gasteiger partial charge in [0, 0.05) is 24.1 Å². The Morgan fingerprint density at radius 3 is 2.85 bits per heavy atom. The van der Waals surface area contributed by atoms with E-state index in [1.807, 2.05) is 19.9 Å². The summed E-state index contributed by atoms with van der Waals surface area (Å²) in [5.41, 5.74) is 0.920. The van der Waals surface area contributed by atoms with Gasteiger partial charge in [0.05, 0.1) is 5.75 Å². The van der Waals surface area contributed by atoms with E-state index < -0.39 is 9.84 Å². The molecule has 2 rings (SSSR count). The molecular weight excluding hydrogens is 278 g/mol. The van der Waals surface area contributed by atoms with E-state index in [4.69, 9.17) is 0 Å². The fourth-order valence-corrected chi connectivity index (χ4v) is 2.64. The van der Waals surface area contributed by atoms with Gasteiger partial charge in [-0.1, -0.05) is 6.92 Å². The summed E-state index contributed by atoms with van der Waals surface area (Å²) in [6.45, 7) is 3.96. The first-order chi connectivity index (χ1) is 9.39. The van der Waals surface area contributed by atoms with Gasteiger partial charge in [-0.15, -0.1) is 0 Å². The lowest BCUT2D eigenvalue weighted by Gasteiger charge is -2.15. The summed E-state index contributed by atoms with van der Waals surface area (Å²) >= 11 is 0. The molecule has 0 spiro atoms. The third kappa shape index (κ3) is 3.66. The average Bonchev–Trinajstić information content (AvgIpc) is 2.83. The van der Waals surface area contributed by atoms with Crippen molar-refractivity contribution in [2.45, 2.75) is 32.7 Å². The van der Waals surface area contributed by atoms with Crippen LogP contribution < -0.4 is 5.32 Å². The maximum atomic E-state index is 11.2. The van der Waals surface area contributed by atoms with Crippen molar-refractivity contribution in [3.8, 4) is 0 Å². The van der Waals surface area contributed by atoms with E-state index in [-0.39, 0.29) is 11.8 Å². The first-order valence-electron chi connectivity index (χ1n) is 6.53. The van der Waals surface area contributed by atoms with Gasteiger partial charge in [-0.2, -0.15) is 14.6 Å². The Bertz CT molecular complexity index is 695. The van der Waals surface area contributed by atoms with Crippen LogP contribution in [-0.2, 0) is 16.3 Å². The van der Waals surface area contributed by atoms with Crippen molar-refractivity contribution in [3.63, 3.8) is 0 Å². The van der Waals surface area contributed by atoms with E-state index in [1.165, 1.54) is 12.6 Å². The lowest BCUT2D eigenvalue weighted by atomic mass is 10.2. The molecule has 1 atom stereocenters. The Labute approximate surface area is 118 Å². The van der Waals surface area contributed by atoms with Gasteiger partial charge in [-0.25, -0.2) is 13.4 Å². The first-order valence-corrected chi connectivity index (χ1v) is 8.59. The molecule has 2 aromatic rings. The van der Waals surface area contributed by atoms with Crippen molar-refractivity contribution < 1.29 is 8.42 Å². The van der Waals surface area contributed by atoms with Gasteiger partial charge in [0.25, 0.3) is 5.78 Å². The summed E-state index contributed by atoms with van der Waals surface area (Å²) in [4.78, 5) is 8.45. The van der Waals surface area contributed by atoms with Gasteiger partial charge in [0.2, 0.25) is 0 Å². The van der Waals surface area contributed by atoms with Gasteiger partial charge < -0.3 is 5.32 Å². The number of aryl methyl sites for hydroxylation is 1. The SMILES string of the molecule is CCc1cc(NC(C)CCS(C)(=O)=O)n2ncnc2n1. The van der Waals surface area contributed by atoms with Crippen LogP contribution in [0.25, 0.3) is 5.78 Å². The third-order valence-corrected chi connectivity index (χ3v) is 3.96. The van der Waals surface area contributed by atoms with Crippen LogP contribution in [0.1, 0.15) is 26.0 Å². The Morgan fingerprint density at radius 2 is 2.20 bits per heavy atom. The second kappa shape index (κ2) is 5.74. The van der Waals surface area contributed by atoms with Crippen LogP contribution in [0.3, 0.4) is 0 Å². The number of hydrogen-bond donors (Lipinski definition) is 1. The Morgan fingerprint density at radius 1 is 1.45 bits per heavy atom. The monoisotopic (exact) mass is 297 g/mol. The number of sulfone groups is 1. The van der Waals surface area contributed by atoms with E-state index in [0.717, 1.165) is 17.9 Å². The third-order valence-electron chi connectivity index (χ3n) is 2.98. The van der Waals surface area contributed by atoms with E-state index in [0.29, 0.717) is 12.2 Å². The number of fused-ring (bicyclic) bond motifs is 1. The summed E-state index contributed by atoms with van der Waals surface area (Å²) in [7, 11) is -2.94. The largest absolute Gasteiger partial charge is 0.367 e. The topological polar surface area (TPSA) is 89.2 Å². The molecule has 0 saturated carbocycles. The van der Waals surface area contributed by atoms with Gasteiger partial charge in [0.15, 0.2) is 0 Å². The molecule has 20 heavy (non-hydrogen) atoms. The molecule has 0 aromatic carbocycles. The number of rotatable bonds is 6. The molecule has 0 amide bonds. The first kappa shape index (κ1) is 14.7. The molecule has 0 aliphatic heterocycles. The molecule has 7 nitrogen and oxygen atoms in total. The van der Waals surface area contributed by atoms with E-state index in [9.17, 15) is 8.42 Å². The molecule has 0 aliphatic carbocycles. The fourth-order valence-electron chi connectivity index (χ4n) is 1.86. The molecule has 110 valence electrons. The summed E-state index contributed by atoms with van der Waals surface area (Å²) in [5, 5.41) is 7.39. The number of hydrogen-bond acceptors (Lipinski definition) is 6. The van der Waals surface area contributed by atoms with Crippen LogP contribution in [-0.4, -0.2) is 46.1 Å². The summed E-state index contributed by atoms with van der Waals surface area (Å²) in [6.07, 6.45) is 4.04. The van der Waals surface area contributed by atoms with E-state index >= 15 is 0 Å². The minimum absolute atomic E-state index is 0.0178. The maximum absolute atomic E-state index is 11.2. The molecule has 0 bridgehead atoms. The molecule has 2 heterocycles. The van der Waals surface area contributed by atoms with Gasteiger partial charge in [-0.05, 0) is 19.8 Å². The highest BCUT2D eigenvalue weighted by Gasteiger charge is 2.11. The number of nitrogens with zero attached hydrogens (tertiary/aromatic N) is 4. The second-order valence-electron chi connectivity index (χ2n) is 4.92. The van der Waals surface area contributed by atoms with Crippen molar-refractivity contribution in [3.05, 3.63) is 18.1 Å². The van der Waals surface area contributed by atoms with Crippen molar-refractivity contribution in [2.24, 2.45) is 0 Å². The normalized spacial score (nSPS) is 13.6. The Kier molecular flexibility index (Phi) is 4.22. The number of aromatic nitrogens is 4. The van der Waals surface area contributed by atoms with Gasteiger partial charge in [0.1, 0.15) is 22.0 Å². The lowest BCUT2D eigenvalue weighted by molar-refractivity contribution is 0.595. The van der Waals surface area contributed by atoms with Crippen LogP contribution in [0.5, 0.6) is 0 Å². The Balaban J connectivity index is 2.17. The molecule has 8 heteroatoms. The van der Waals surface area contributed by atoms with Crippen molar-refractivity contribution in [1.82, 2.24) is 19.6 Å². The molecule has 0 saturated heterocycles. The van der Waals surface area contributed by atoms with Crippen LogP contribution in [0.2, 0.25) is 0 Å². The summed E-state index contributed by atoms with van der Waals surface area (Å²) in [5.74, 6) is 1.49. The van der Waals surface area contributed by atoms with Crippen LogP contribution in [0.4, 0.5) is 5.82 Å². The van der Waals surface area contributed by atoms with Crippen LogP contribution in [0.15, 0.2) is 12.4 Å². The summed E-state index contributed by atoms with van der Waals surface area (Å²) in [6, 6.07) is 1.93. The highest BCUT2D eigenvalue weighted by Crippen LogP contribution is 2.13. The van der Waals surface area contributed by atoms with E-state index in [1.54, 1.807) is 4.52 Å². The number of nitrogens with one attached hydrogen (secondary N) is 1. The minimum Gasteiger partial charge on any atom is -0.367 e. The lowest BCUT2D eigenvalue weighted by Crippen LogP contribution is -2.21. The Hall–Kier alpha value is -1.70. The summed E-state index contributed by atoms with van der Waals surface area (Å²) < 4.78 is 24.0. The molecule has 2 aromatic heterocycles. The predicted molar refractivity (Wildman–Crippen MR) is 77.6 cm³/mol. The quantitative estimate of drug-likeness (QED) is 0.853. The zero-order chi connectivity index (χ0) is 14.8. The van der Waals surface area contributed by atoms with Crippen molar-refractivity contribution in [2.75, 3.05) is 17.3 Å². The van der Waals surface area contributed by atoms with Crippen molar-refractivity contribution >= 4 is 21.4 Å². The second-order valence-corrected chi connectivity index (χ2v) is 7.18. The maximum Gasteiger partial charge on any atom is 0.254 e.